The fourth-order valence-corrected chi connectivity index (χ4v) is 3.45. The molecule has 2 heterocycles. The summed E-state index contributed by atoms with van der Waals surface area (Å²) in [7, 11) is 0. The molecule has 2 N–H and O–H groups in total. The number of nitrogens with zero attached hydrogens (tertiary/aromatic N) is 4. The van der Waals surface area contributed by atoms with Crippen molar-refractivity contribution in [3.8, 4) is 0 Å². The molecule has 7 nitrogen and oxygen atoms in total. The van der Waals surface area contributed by atoms with Gasteiger partial charge in [-0.15, -0.1) is 10.2 Å². The van der Waals surface area contributed by atoms with Crippen LogP contribution in [-0.2, 0) is 17.1 Å². The van der Waals surface area contributed by atoms with Gasteiger partial charge in [-0.05, 0) is 26.7 Å². The van der Waals surface area contributed by atoms with Gasteiger partial charge in [-0.3, -0.25) is 4.79 Å². The smallest absolute Gasteiger partial charge is 0.219 e. The molecule has 1 amide bonds. The Morgan fingerprint density at radius 1 is 1.41 bits per heavy atom. The van der Waals surface area contributed by atoms with Gasteiger partial charge in [0, 0.05) is 30.2 Å². The predicted octanol–water partition coefficient (Wildman–Crippen LogP) is 1.93. The Hall–Kier alpha value is -1.83. The summed E-state index contributed by atoms with van der Waals surface area (Å²) in [4.78, 5) is 11.1. The number of aryl methyl sites for hydroxylation is 2. The highest BCUT2D eigenvalue weighted by atomic mass is 32.2. The van der Waals surface area contributed by atoms with Gasteiger partial charge in [-0.1, -0.05) is 16.9 Å². The van der Waals surface area contributed by atoms with E-state index in [2.05, 4.69) is 15.4 Å². The lowest BCUT2D eigenvalue weighted by atomic mass is 10.2. The van der Waals surface area contributed by atoms with Gasteiger partial charge < -0.3 is 14.8 Å². The summed E-state index contributed by atoms with van der Waals surface area (Å²) in [5.74, 6) is 2.70. The Morgan fingerprint density at radius 2 is 2.18 bits per heavy atom. The van der Waals surface area contributed by atoms with Crippen LogP contribution in [0.2, 0.25) is 0 Å². The molecule has 0 radical (unpaired) electrons. The molecular weight excluding hydrogens is 302 g/mol. The van der Waals surface area contributed by atoms with Gasteiger partial charge in [-0.2, -0.15) is 0 Å². The second kappa shape index (κ2) is 6.12. The zero-order valence-electron chi connectivity index (χ0n) is 12.7. The topological polar surface area (TPSA) is 99.8 Å². The number of hydrogen-bond donors (Lipinski definition) is 1. The summed E-state index contributed by atoms with van der Waals surface area (Å²) >= 11 is 1.59. The van der Waals surface area contributed by atoms with E-state index in [1.54, 1.807) is 11.8 Å². The summed E-state index contributed by atoms with van der Waals surface area (Å²) < 4.78 is 7.21. The van der Waals surface area contributed by atoms with Crippen LogP contribution in [-0.4, -0.2) is 25.8 Å². The maximum absolute atomic E-state index is 11.1. The molecule has 2 aromatic heterocycles. The van der Waals surface area contributed by atoms with Crippen molar-refractivity contribution in [3.05, 3.63) is 22.8 Å². The summed E-state index contributed by atoms with van der Waals surface area (Å²) in [5.41, 5.74) is 7.26. The molecule has 1 aliphatic carbocycles. The minimum absolute atomic E-state index is 0.302. The molecule has 22 heavy (non-hydrogen) atoms. The number of carbonyl (C=O) groups excluding carboxylic acids is 1. The number of amides is 1. The van der Waals surface area contributed by atoms with Crippen molar-refractivity contribution in [2.45, 2.75) is 56.5 Å². The molecule has 8 heteroatoms. The van der Waals surface area contributed by atoms with Crippen LogP contribution in [0.15, 0.2) is 9.68 Å². The van der Waals surface area contributed by atoms with Gasteiger partial charge in [0.05, 0.1) is 5.69 Å². The number of carbonyl (C=O) groups is 1. The third-order valence-corrected chi connectivity index (χ3v) is 4.79. The minimum atomic E-state index is -0.308. The average molecular weight is 321 g/mol. The Balaban J connectivity index is 1.76. The molecule has 1 fully saturated rings. The van der Waals surface area contributed by atoms with Crippen molar-refractivity contribution in [3.63, 3.8) is 0 Å². The van der Waals surface area contributed by atoms with Crippen LogP contribution >= 0.6 is 11.8 Å². The summed E-state index contributed by atoms with van der Waals surface area (Å²) in [6.07, 6.45) is 2.59. The second-order valence-corrected chi connectivity index (χ2v) is 6.52. The third-order valence-electron chi connectivity index (χ3n) is 3.80. The lowest BCUT2D eigenvalue weighted by Gasteiger charge is -2.08. The first-order chi connectivity index (χ1) is 10.6. The molecule has 0 atom stereocenters. The quantitative estimate of drug-likeness (QED) is 0.782. The monoisotopic (exact) mass is 321 g/mol. The van der Waals surface area contributed by atoms with E-state index in [1.165, 1.54) is 0 Å². The van der Waals surface area contributed by atoms with E-state index in [0.29, 0.717) is 18.9 Å². The highest BCUT2D eigenvalue weighted by Crippen LogP contribution is 2.40. The van der Waals surface area contributed by atoms with E-state index in [1.807, 2.05) is 18.4 Å². The summed E-state index contributed by atoms with van der Waals surface area (Å²) in [5, 5.41) is 13.4. The van der Waals surface area contributed by atoms with Gasteiger partial charge in [0.1, 0.15) is 11.6 Å². The Bertz CT molecular complexity index is 670. The molecule has 1 aliphatic rings. The first-order valence-corrected chi connectivity index (χ1v) is 8.30. The van der Waals surface area contributed by atoms with Crippen molar-refractivity contribution in [2.75, 3.05) is 0 Å². The lowest BCUT2D eigenvalue weighted by molar-refractivity contribution is -0.118. The molecule has 0 spiro atoms. The first kappa shape index (κ1) is 15.1. The molecule has 0 saturated heterocycles. The van der Waals surface area contributed by atoms with E-state index >= 15 is 0 Å². The van der Waals surface area contributed by atoms with Crippen LogP contribution in [0.25, 0.3) is 0 Å². The van der Waals surface area contributed by atoms with Crippen LogP contribution in [0, 0.1) is 13.8 Å². The fourth-order valence-electron chi connectivity index (χ4n) is 2.33. The van der Waals surface area contributed by atoms with E-state index in [9.17, 15) is 4.79 Å². The predicted molar refractivity (Wildman–Crippen MR) is 81.3 cm³/mol. The largest absolute Gasteiger partial charge is 0.370 e. The lowest BCUT2D eigenvalue weighted by Crippen LogP contribution is -2.15. The van der Waals surface area contributed by atoms with Crippen LogP contribution < -0.4 is 5.73 Å². The molecule has 0 aromatic carbocycles. The van der Waals surface area contributed by atoms with Crippen LogP contribution in [0.4, 0.5) is 0 Å². The van der Waals surface area contributed by atoms with Crippen LogP contribution in [0.1, 0.15) is 48.0 Å². The average Bonchev–Trinajstić information content (AvgIpc) is 3.17. The number of thioether (sulfide) groups is 1. The Morgan fingerprint density at radius 3 is 2.77 bits per heavy atom. The number of rotatable bonds is 7. The van der Waals surface area contributed by atoms with Crippen LogP contribution in [0.3, 0.4) is 0 Å². The van der Waals surface area contributed by atoms with Crippen molar-refractivity contribution >= 4 is 17.7 Å². The molecule has 1 saturated carbocycles. The van der Waals surface area contributed by atoms with Gasteiger partial charge in [0.25, 0.3) is 0 Å². The van der Waals surface area contributed by atoms with Gasteiger partial charge >= 0.3 is 0 Å². The van der Waals surface area contributed by atoms with E-state index < -0.39 is 0 Å². The number of hydrogen-bond acceptors (Lipinski definition) is 6. The number of nitrogens with two attached hydrogens (primary N) is 1. The third kappa shape index (κ3) is 3.16. The molecule has 0 bridgehead atoms. The molecule has 0 aliphatic heterocycles. The molecule has 2 aromatic rings. The molecule has 3 rings (SSSR count). The van der Waals surface area contributed by atoms with Crippen molar-refractivity contribution in [2.24, 2.45) is 5.73 Å². The summed E-state index contributed by atoms with van der Waals surface area (Å²) in [6, 6.07) is 0. The number of aromatic nitrogens is 4. The molecule has 0 unspecified atom stereocenters. The summed E-state index contributed by atoms with van der Waals surface area (Å²) in [6.45, 7) is 4.38. The normalized spacial score (nSPS) is 14.5. The van der Waals surface area contributed by atoms with E-state index in [4.69, 9.17) is 10.3 Å². The zero-order chi connectivity index (χ0) is 15.7. The van der Waals surface area contributed by atoms with E-state index in [0.717, 1.165) is 46.6 Å². The van der Waals surface area contributed by atoms with Crippen molar-refractivity contribution in [1.82, 2.24) is 19.9 Å². The van der Waals surface area contributed by atoms with Crippen molar-refractivity contribution < 1.29 is 9.32 Å². The first-order valence-electron chi connectivity index (χ1n) is 7.32. The Labute approximate surface area is 132 Å². The number of primary amides is 1. The highest BCUT2D eigenvalue weighted by molar-refractivity contribution is 7.98. The van der Waals surface area contributed by atoms with Gasteiger partial charge in [0.15, 0.2) is 5.16 Å². The van der Waals surface area contributed by atoms with Crippen LogP contribution in [0.5, 0.6) is 0 Å². The molecule has 118 valence electrons. The highest BCUT2D eigenvalue weighted by Gasteiger charge is 2.30. The van der Waals surface area contributed by atoms with Crippen molar-refractivity contribution in [1.29, 1.82) is 0 Å². The van der Waals surface area contributed by atoms with E-state index in [-0.39, 0.29) is 5.91 Å². The SMILES string of the molecule is Cc1noc(C)c1CSc1nnc(C2CC2)n1CCC(N)=O. The minimum Gasteiger partial charge on any atom is -0.370 e. The second-order valence-electron chi connectivity index (χ2n) is 5.57. The standard InChI is InChI=1S/C14H19N5O2S/c1-8-11(9(2)21-18-8)7-22-14-17-16-13(10-3-4-10)19(14)6-5-12(15)20/h10H,3-7H2,1-2H3,(H2,15,20). The maximum atomic E-state index is 11.1. The van der Waals surface area contributed by atoms with Gasteiger partial charge in [0.2, 0.25) is 5.91 Å². The fraction of sp³-hybridized carbons (Fsp3) is 0.571. The molecular formula is C14H19N5O2S. The zero-order valence-corrected chi connectivity index (χ0v) is 13.5. The van der Waals surface area contributed by atoms with Gasteiger partial charge in [-0.25, -0.2) is 0 Å². The maximum Gasteiger partial charge on any atom is 0.219 e. The Kier molecular flexibility index (Phi) is 4.19.